The second-order valence-electron chi connectivity index (χ2n) is 4.46. The number of hydrogen-bond donors (Lipinski definition) is 0. The number of rotatable bonds is 11. The van der Waals surface area contributed by atoms with Gasteiger partial charge in [0, 0.05) is 5.66 Å². The summed E-state index contributed by atoms with van der Waals surface area (Å²) in [6, 6.07) is 0. The Morgan fingerprint density at radius 2 is 1.27 bits per heavy atom. The molecule has 0 aromatic rings. The summed E-state index contributed by atoms with van der Waals surface area (Å²) in [4.78, 5) is 0. The van der Waals surface area contributed by atoms with Crippen molar-refractivity contribution in [1.29, 1.82) is 0 Å². The molecule has 0 aromatic carbocycles. The first-order chi connectivity index (χ1) is 7.35. The van der Waals surface area contributed by atoms with E-state index in [0.29, 0.717) is 14.1 Å². The normalized spacial score (nSPS) is 11.4. The van der Waals surface area contributed by atoms with Crippen LogP contribution in [0.4, 0.5) is 0 Å². The Hall–Kier alpha value is 0.100. The molecule has 0 heterocycles. The van der Waals surface area contributed by atoms with Gasteiger partial charge in [-0.3, -0.25) is 4.57 Å². The van der Waals surface area contributed by atoms with E-state index in [1.165, 1.54) is 51.4 Å². The Bertz CT molecular complexity index is 124. The van der Waals surface area contributed by atoms with Crippen LogP contribution in [0.2, 0.25) is 0 Å². The van der Waals surface area contributed by atoms with Gasteiger partial charge in [-0.2, -0.15) is 0 Å². The minimum absolute atomic E-state index is 0.379. The van der Waals surface area contributed by atoms with E-state index < -0.39 is 0 Å². The lowest BCUT2D eigenvalue weighted by atomic mass is 10.1. The van der Waals surface area contributed by atoms with Gasteiger partial charge in [-0.1, -0.05) is 65.2 Å². The lowest BCUT2D eigenvalue weighted by Crippen LogP contribution is -1.98. The second-order valence-corrected chi connectivity index (χ2v) is 5.40. The Morgan fingerprint density at radius 1 is 0.800 bits per heavy atom. The smallest absolute Gasteiger partial charge is 0.158 e. The summed E-state index contributed by atoms with van der Waals surface area (Å²) in [6.45, 7) is 4.46. The van der Waals surface area contributed by atoms with Gasteiger partial charge in [0.1, 0.15) is 0 Å². The molecule has 0 unspecified atom stereocenters. The second kappa shape index (κ2) is 12.2. The molecule has 0 N–H and O–H groups in total. The summed E-state index contributed by atoms with van der Waals surface area (Å²) in [6.07, 6.45) is 12.7. The highest BCUT2D eigenvalue weighted by atomic mass is 31.1. The van der Waals surface area contributed by atoms with Gasteiger partial charge >= 0.3 is 0 Å². The summed E-state index contributed by atoms with van der Waals surface area (Å²) < 4.78 is 10.9. The van der Waals surface area contributed by atoms with E-state index >= 15 is 0 Å². The molecule has 0 saturated heterocycles. The largest absolute Gasteiger partial charge is 0.275 e. The van der Waals surface area contributed by atoms with Crippen LogP contribution in [0.1, 0.15) is 78.1 Å². The molecule has 1 nitrogen and oxygen atoms in total. The first-order valence-electron chi connectivity index (χ1n) is 6.67. The molecule has 0 rings (SSSR count). The van der Waals surface area contributed by atoms with Gasteiger partial charge < -0.3 is 0 Å². The molecule has 0 aliphatic carbocycles. The fourth-order valence-electron chi connectivity index (χ4n) is 1.86. The van der Waals surface area contributed by atoms with Gasteiger partial charge in [-0.25, -0.2) is 0 Å². The van der Waals surface area contributed by atoms with Gasteiger partial charge in [0.25, 0.3) is 0 Å². The predicted molar refractivity (Wildman–Crippen MR) is 68.9 cm³/mol. The maximum absolute atomic E-state index is 10.9. The molecule has 0 aliphatic heterocycles. The minimum Gasteiger partial charge on any atom is -0.275 e. The average molecular weight is 230 g/mol. The topological polar surface area (TPSA) is 17.1 Å². The monoisotopic (exact) mass is 230 g/mol. The van der Waals surface area contributed by atoms with Gasteiger partial charge in [0.2, 0.25) is 0 Å². The Kier molecular flexibility index (Phi) is 12.3. The molecule has 0 bridgehead atoms. The molecule has 15 heavy (non-hydrogen) atoms. The van der Waals surface area contributed by atoms with Crippen LogP contribution in [-0.4, -0.2) is 5.66 Å². The Morgan fingerprint density at radius 3 is 1.60 bits per heavy atom. The third-order valence-electron chi connectivity index (χ3n) is 2.93. The summed E-state index contributed by atoms with van der Waals surface area (Å²) in [7, 11) is 0.379. The molecular weight excluding hydrogens is 203 g/mol. The van der Waals surface area contributed by atoms with Crippen LogP contribution < -0.4 is 0 Å². The third-order valence-corrected chi connectivity index (χ3v) is 3.75. The van der Waals surface area contributed by atoms with Crippen LogP contribution in [-0.2, 0) is 4.57 Å². The van der Waals surface area contributed by atoms with Gasteiger partial charge in [0.15, 0.2) is 8.46 Å². The molecule has 0 amide bonds. The molecule has 0 aromatic heterocycles. The van der Waals surface area contributed by atoms with Crippen LogP contribution in [0.15, 0.2) is 0 Å². The lowest BCUT2D eigenvalue weighted by Gasteiger charge is -2.08. The number of unbranched alkanes of at least 4 members (excludes halogenated alkanes) is 6. The van der Waals surface area contributed by atoms with E-state index in [2.05, 4.69) is 13.8 Å². The quantitative estimate of drug-likeness (QED) is 0.334. The van der Waals surface area contributed by atoms with Crippen molar-refractivity contribution in [3.8, 4) is 0 Å². The zero-order chi connectivity index (χ0) is 11.4. The van der Waals surface area contributed by atoms with E-state index in [1.54, 1.807) is 0 Å². The fraction of sp³-hybridized carbons (Fsp3) is 1.00. The average Bonchev–Trinajstić information content (AvgIpc) is 2.27. The molecule has 0 saturated carbocycles. The standard InChI is InChI=1S/C13H27OP/c1-3-5-7-9-11-13(15-14)12-10-8-6-4-2/h13H,3-12H2,1-2H3. The van der Waals surface area contributed by atoms with Crippen LogP contribution in [0.3, 0.4) is 0 Å². The maximum Gasteiger partial charge on any atom is 0.158 e. The molecule has 0 fully saturated rings. The zero-order valence-electron chi connectivity index (χ0n) is 10.5. The molecule has 0 atom stereocenters. The molecule has 0 radical (unpaired) electrons. The van der Waals surface area contributed by atoms with Crippen molar-refractivity contribution in [2.45, 2.75) is 83.7 Å². The summed E-state index contributed by atoms with van der Waals surface area (Å²) in [5.74, 6) is 0. The zero-order valence-corrected chi connectivity index (χ0v) is 11.4. The fourth-order valence-corrected chi connectivity index (χ4v) is 2.44. The summed E-state index contributed by atoms with van der Waals surface area (Å²) >= 11 is 0. The van der Waals surface area contributed by atoms with Crippen LogP contribution in [0.25, 0.3) is 0 Å². The van der Waals surface area contributed by atoms with Gasteiger partial charge in [-0.05, 0) is 12.8 Å². The van der Waals surface area contributed by atoms with E-state index in [-0.39, 0.29) is 0 Å². The minimum atomic E-state index is 0.379. The molecule has 0 spiro atoms. The van der Waals surface area contributed by atoms with Crippen LogP contribution in [0, 0.1) is 0 Å². The lowest BCUT2D eigenvalue weighted by molar-refractivity contribution is 0.538. The Balaban J connectivity index is 3.34. The number of hydrogen-bond acceptors (Lipinski definition) is 1. The van der Waals surface area contributed by atoms with Gasteiger partial charge in [-0.15, -0.1) is 0 Å². The van der Waals surface area contributed by atoms with E-state index in [0.717, 1.165) is 12.8 Å². The Labute approximate surface area is 97.2 Å². The predicted octanol–water partition coefficient (Wildman–Crippen LogP) is 5.59. The van der Waals surface area contributed by atoms with E-state index in [4.69, 9.17) is 0 Å². The van der Waals surface area contributed by atoms with Crippen molar-refractivity contribution in [2.75, 3.05) is 0 Å². The summed E-state index contributed by atoms with van der Waals surface area (Å²) in [5, 5.41) is 0. The summed E-state index contributed by atoms with van der Waals surface area (Å²) in [5.41, 5.74) is 0.443. The molecule has 0 aliphatic rings. The van der Waals surface area contributed by atoms with Crippen molar-refractivity contribution in [2.24, 2.45) is 0 Å². The third kappa shape index (κ3) is 10.4. The van der Waals surface area contributed by atoms with Crippen molar-refractivity contribution in [3.63, 3.8) is 0 Å². The van der Waals surface area contributed by atoms with Crippen LogP contribution >= 0.6 is 8.46 Å². The SMILES string of the molecule is CCCCCCC(CCCCCC)P=O. The molecule has 90 valence electrons. The highest BCUT2D eigenvalue weighted by Crippen LogP contribution is 2.21. The van der Waals surface area contributed by atoms with E-state index in [9.17, 15) is 4.57 Å². The van der Waals surface area contributed by atoms with E-state index in [1.807, 2.05) is 0 Å². The molecular formula is C13H27OP. The first kappa shape index (κ1) is 15.1. The highest BCUT2D eigenvalue weighted by molar-refractivity contribution is 7.24. The van der Waals surface area contributed by atoms with Crippen molar-refractivity contribution in [3.05, 3.63) is 0 Å². The van der Waals surface area contributed by atoms with Crippen LogP contribution in [0.5, 0.6) is 0 Å². The van der Waals surface area contributed by atoms with Crippen molar-refractivity contribution in [1.82, 2.24) is 0 Å². The van der Waals surface area contributed by atoms with Gasteiger partial charge in [0.05, 0.1) is 0 Å². The maximum atomic E-state index is 10.9. The first-order valence-corrected chi connectivity index (χ1v) is 7.55. The van der Waals surface area contributed by atoms with Crippen molar-refractivity contribution < 1.29 is 4.57 Å². The van der Waals surface area contributed by atoms with Crippen molar-refractivity contribution >= 4 is 8.46 Å². The highest BCUT2D eigenvalue weighted by Gasteiger charge is 2.07. The molecule has 2 heteroatoms.